The normalized spacial score (nSPS) is 17.3. The Balaban J connectivity index is 1.15. The van der Waals surface area contributed by atoms with Gasteiger partial charge in [-0.1, -0.05) is 0 Å². The minimum atomic E-state index is -0.0450. The molecule has 0 spiro atoms. The van der Waals surface area contributed by atoms with E-state index in [0.29, 0.717) is 23.9 Å². The highest BCUT2D eigenvalue weighted by atomic mass is 32.2. The molecule has 3 aromatic rings. The van der Waals surface area contributed by atoms with Crippen molar-refractivity contribution in [3.8, 4) is 0 Å². The molecule has 5 rings (SSSR count). The lowest BCUT2D eigenvalue weighted by molar-refractivity contribution is -0.118. The predicted molar refractivity (Wildman–Crippen MR) is 124 cm³/mol. The smallest absolute Gasteiger partial charge is 0.259 e. The molecule has 2 N–H and O–H groups in total. The highest BCUT2D eigenvalue weighted by Crippen LogP contribution is 2.34. The first-order chi connectivity index (χ1) is 15.2. The largest absolute Gasteiger partial charge is 0.468 e. The van der Waals surface area contributed by atoms with Crippen molar-refractivity contribution in [1.82, 2.24) is 20.2 Å². The number of amides is 1. The van der Waals surface area contributed by atoms with Crippen LogP contribution in [0.15, 0.2) is 27.6 Å². The summed E-state index contributed by atoms with van der Waals surface area (Å²) < 4.78 is 5.61. The summed E-state index contributed by atoms with van der Waals surface area (Å²) in [6, 6.07) is 3.94. The lowest BCUT2D eigenvalue weighted by Crippen LogP contribution is -2.37. The van der Waals surface area contributed by atoms with E-state index in [4.69, 9.17) is 4.42 Å². The summed E-state index contributed by atoms with van der Waals surface area (Å²) in [6.07, 6.45) is 7.21. The number of thioether (sulfide) groups is 1. The number of aromatic nitrogens is 2. The number of carbonyl (C=O) groups excluding carboxylic acids is 1. The van der Waals surface area contributed by atoms with E-state index in [2.05, 4.69) is 20.2 Å². The Hall–Kier alpha value is -2.10. The Bertz CT molecular complexity index is 1120. The van der Waals surface area contributed by atoms with E-state index < -0.39 is 0 Å². The van der Waals surface area contributed by atoms with Gasteiger partial charge in [-0.25, -0.2) is 4.98 Å². The topological polar surface area (TPSA) is 91.2 Å². The second-order valence-electron chi connectivity index (χ2n) is 8.12. The van der Waals surface area contributed by atoms with Gasteiger partial charge in [-0.15, -0.1) is 23.1 Å². The summed E-state index contributed by atoms with van der Waals surface area (Å²) in [5.41, 5.74) is 1.15. The summed E-state index contributed by atoms with van der Waals surface area (Å²) in [4.78, 5) is 37.0. The number of aromatic amines is 1. The molecular formula is C22H26N4O3S2. The van der Waals surface area contributed by atoms with Crippen LogP contribution in [0.5, 0.6) is 0 Å². The molecule has 9 heteroatoms. The van der Waals surface area contributed by atoms with Gasteiger partial charge in [-0.3, -0.25) is 14.5 Å². The van der Waals surface area contributed by atoms with E-state index in [0.717, 1.165) is 48.3 Å². The molecule has 1 saturated heterocycles. The second kappa shape index (κ2) is 9.18. The van der Waals surface area contributed by atoms with E-state index in [1.54, 1.807) is 17.6 Å². The van der Waals surface area contributed by atoms with Crippen LogP contribution in [-0.4, -0.2) is 46.2 Å². The van der Waals surface area contributed by atoms with Crippen LogP contribution in [-0.2, 0) is 23.4 Å². The first-order valence-corrected chi connectivity index (χ1v) is 12.8. The van der Waals surface area contributed by atoms with E-state index in [9.17, 15) is 9.59 Å². The van der Waals surface area contributed by atoms with Gasteiger partial charge in [0.15, 0.2) is 0 Å². The predicted octanol–water partition coefficient (Wildman–Crippen LogP) is 3.25. The van der Waals surface area contributed by atoms with Gasteiger partial charge >= 0.3 is 0 Å². The van der Waals surface area contributed by atoms with Crippen molar-refractivity contribution in [2.75, 3.05) is 25.4 Å². The lowest BCUT2D eigenvalue weighted by Gasteiger charge is -2.25. The molecule has 31 heavy (non-hydrogen) atoms. The van der Waals surface area contributed by atoms with Crippen LogP contribution in [0.3, 0.4) is 0 Å². The first-order valence-electron chi connectivity index (χ1n) is 10.8. The molecule has 2 aliphatic rings. The number of carbonyl (C=O) groups is 1. The minimum absolute atomic E-state index is 0.0146. The third-order valence-electron chi connectivity index (χ3n) is 6.04. The number of furan rings is 1. The van der Waals surface area contributed by atoms with Crippen LogP contribution in [0.25, 0.3) is 10.2 Å². The fraction of sp³-hybridized carbons (Fsp3) is 0.500. The summed E-state index contributed by atoms with van der Waals surface area (Å²) in [7, 11) is 0. The van der Waals surface area contributed by atoms with Gasteiger partial charge < -0.3 is 14.7 Å². The fourth-order valence-electron chi connectivity index (χ4n) is 4.56. The third kappa shape index (κ3) is 4.44. The molecule has 7 nitrogen and oxygen atoms in total. The highest BCUT2D eigenvalue weighted by molar-refractivity contribution is 7.99. The van der Waals surface area contributed by atoms with E-state index in [-0.39, 0.29) is 17.5 Å². The van der Waals surface area contributed by atoms with Crippen molar-refractivity contribution in [1.29, 1.82) is 0 Å². The van der Waals surface area contributed by atoms with Crippen molar-refractivity contribution in [3.63, 3.8) is 0 Å². The van der Waals surface area contributed by atoms with Gasteiger partial charge in [0.25, 0.3) is 5.56 Å². The Kier molecular flexibility index (Phi) is 6.15. The van der Waals surface area contributed by atoms with Gasteiger partial charge in [-0.05, 0) is 62.9 Å². The molecule has 1 aliphatic carbocycles. The number of nitrogens with zero attached hydrogens (tertiary/aromatic N) is 2. The average molecular weight is 459 g/mol. The molecule has 0 saturated carbocycles. The number of H-pyrrole nitrogens is 1. The summed E-state index contributed by atoms with van der Waals surface area (Å²) >= 11 is 3.11. The maximum Gasteiger partial charge on any atom is 0.259 e. The monoisotopic (exact) mass is 458 g/mol. The molecule has 0 radical (unpaired) electrons. The number of likely N-dealkylation sites (tertiary alicyclic amines) is 1. The zero-order valence-electron chi connectivity index (χ0n) is 17.3. The quantitative estimate of drug-likeness (QED) is 0.538. The zero-order chi connectivity index (χ0) is 21.2. The molecule has 0 aromatic carbocycles. The van der Waals surface area contributed by atoms with E-state index >= 15 is 0 Å². The van der Waals surface area contributed by atoms with Crippen molar-refractivity contribution in [2.45, 2.75) is 43.9 Å². The minimum Gasteiger partial charge on any atom is -0.468 e. The molecule has 1 amide bonds. The molecule has 164 valence electrons. The van der Waals surface area contributed by atoms with Crippen molar-refractivity contribution >= 4 is 39.2 Å². The van der Waals surface area contributed by atoms with Crippen molar-refractivity contribution < 1.29 is 9.21 Å². The maximum absolute atomic E-state index is 12.5. The third-order valence-corrected chi connectivity index (χ3v) is 8.17. The van der Waals surface area contributed by atoms with Crippen LogP contribution < -0.4 is 10.9 Å². The van der Waals surface area contributed by atoms with Gasteiger partial charge in [0, 0.05) is 11.4 Å². The van der Waals surface area contributed by atoms with Crippen LogP contribution in [0.2, 0.25) is 0 Å². The van der Waals surface area contributed by atoms with Gasteiger partial charge in [0.05, 0.1) is 29.2 Å². The Morgan fingerprint density at radius 1 is 1.32 bits per heavy atom. The maximum atomic E-state index is 12.5. The lowest BCUT2D eigenvalue weighted by atomic mass is 10.2. The second-order valence-corrected chi connectivity index (χ2v) is 10.2. The van der Waals surface area contributed by atoms with Crippen LogP contribution >= 0.6 is 23.1 Å². The molecule has 0 bridgehead atoms. The Morgan fingerprint density at radius 3 is 3.00 bits per heavy atom. The SMILES string of the molecule is O=C(CSCc1nc2sc3c(c2c(=O)[nH]1)CCC3)NC[C@@H](c1ccco1)N1CCCC1. The molecular weight excluding hydrogens is 432 g/mol. The van der Waals surface area contributed by atoms with Gasteiger partial charge in [0.1, 0.15) is 16.4 Å². The Labute approximate surface area is 188 Å². The number of aryl methyl sites for hydroxylation is 2. The van der Waals surface area contributed by atoms with Gasteiger partial charge in [-0.2, -0.15) is 0 Å². The number of fused-ring (bicyclic) bond motifs is 3. The molecule has 1 aliphatic heterocycles. The number of rotatable bonds is 8. The fourth-order valence-corrected chi connectivity index (χ4v) is 6.56. The average Bonchev–Trinajstić information content (AvgIpc) is 3.53. The number of thiophene rings is 1. The molecule has 1 atom stereocenters. The Morgan fingerprint density at radius 2 is 2.19 bits per heavy atom. The zero-order valence-corrected chi connectivity index (χ0v) is 18.9. The number of hydrogen-bond acceptors (Lipinski definition) is 7. The van der Waals surface area contributed by atoms with Crippen LogP contribution in [0, 0.1) is 0 Å². The molecule has 1 fully saturated rings. The van der Waals surface area contributed by atoms with E-state index in [1.165, 1.54) is 35.0 Å². The summed E-state index contributed by atoms with van der Waals surface area (Å²) in [6.45, 7) is 2.60. The van der Waals surface area contributed by atoms with Crippen molar-refractivity contribution in [3.05, 3.63) is 50.8 Å². The van der Waals surface area contributed by atoms with Crippen LogP contribution in [0.1, 0.15) is 47.3 Å². The standard InChI is InChI=1S/C22H26N4O3S2/c27-19(23-11-15(16-6-4-10-29-16)26-8-1-2-9-26)13-30-12-18-24-21(28)20-14-5-3-7-17(14)31-22(20)25-18/h4,6,10,15H,1-3,5,7-9,11-13H2,(H,23,27)(H,24,25,28)/t15-/m0/s1. The number of hydrogen-bond donors (Lipinski definition) is 2. The van der Waals surface area contributed by atoms with Crippen LogP contribution in [0.4, 0.5) is 0 Å². The summed E-state index contributed by atoms with van der Waals surface area (Å²) in [5.74, 6) is 2.36. The van der Waals surface area contributed by atoms with Gasteiger partial charge in [0.2, 0.25) is 5.91 Å². The highest BCUT2D eigenvalue weighted by Gasteiger charge is 2.26. The molecule has 3 aromatic heterocycles. The summed E-state index contributed by atoms with van der Waals surface area (Å²) in [5, 5.41) is 3.82. The van der Waals surface area contributed by atoms with Crippen molar-refractivity contribution in [2.24, 2.45) is 0 Å². The molecule has 4 heterocycles. The molecule has 0 unspecified atom stereocenters. The van der Waals surface area contributed by atoms with E-state index in [1.807, 2.05) is 12.1 Å². The number of nitrogens with one attached hydrogen (secondary N) is 2. The first kappa shape index (κ1) is 20.8.